The van der Waals surface area contributed by atoms with E-state index in [-0.39, 0.29) is 0 Å². The van der Waals surface area contributed by atoms with Crippen LogP contribution in [-0.4, -0.2) is 24.9 Å². The van der Waals surface area contributed by atoms with Crippen molar-refractivity contribution in [3.63, 3.8) is 0 Å². The van der Waals surface area contributed by atoms with Crippen molar-refractivity contribution in [1.29, 1.82) is 0 Å². The number of benzene rings is 9. The summed E-state index contributed by atoms with van der Waals surface area (Å²) in [5.74, 6) is 2.56. The molecule has 0 bridgehead atoms. The van der Waals surface area contributed by atoms with Crippen molar-refractivity contribution in [1.82, 2.24) is 24.9 Å². The van der Waals surface area contributed by atoms with Crippen molar-refractivity contribution in [2.45, 2.75) is 0 Å². The molecule has 0 saturated carbocycles. The zero-order valence-electron chi connectivity index (χ0n) is 33.9. The normalized spacial score (nSPS) is 11.5. The van der Waals surface area contributed by atoms with Crippen LogP contribution in [-0.2, 0) is 0 Å². The van der Waals surface area contributed by atoms with Crippen molar-refractivity contribution < 1.29 is 0 Å². The minimum Gasteiger partial charge on any atom is -0.228 e. The second-order valence-electron chi connectivity index (χ2n) is 15.6. The first-order valence-corrected chi connectivity index (χ1v) is 21.8. The summed E-state index contributed by atoms with van der Waals surface area (Å²) in [6, 6.07) is 73.8. The molecule has 63 heavy (non-hydrogen) atoms. The Bertz CT molecular complexity index is 3620. The number of aromatic nitrogens is 5. The molecule has 0 aliphatic rings. The van der Waals surface area contributed by atoms with Gasteiger partial charge in [-0.1, -0.05) is 182 Å². The van der Waals surface area contributed by atoms with Gasteiger partial charge in [-0.2, -0.15) is 0 Å². The van der Waals surface area contributed by atoms with Crippen LogP contribution in [0.2, 0.25) is 0 Å². The molecular weight excluding hydrogens is 787 g/mol. The largest absolute Gasteiger partial charge is 0.228 e. The first-order valence-electron chi connectivity index (χ1n) is 21.0. The van der Waals surface area contributed by atoms with E-state index in [9.17, 15) is 0 Å². The minimum absolute atomic E-state index is 0.610. The van der Waals surface area contributed by atoms with Crippen LogP contribution >= 0.6 is 11.3 Å². The molecule has 0 saturated heterocycles. The molecule has 0 aliphatic heterocycles. The van der Waals surface area contributed by atoms with Gasteiger partial charge >= 0.3 is 0 Å². The number of hydrogen-bond donors (Lipinski definition) is 0. The molecule has 0 amide bonds. The average Bonchev–Trinajstić information content (AvgIpc) is 3.76. The molecule has 9 aromatic carbocycles. The van der Waals surface area contributed by atoms with E-state index >= 15 is 0 Å². The molecule has 6 heteroatoms. The molecule has 294 valence electrons. The summed E-state index contributed by atoms with van der Waals surface area (Å²) < 4.78 is 2.47. The number of rotatable bonds is 7. The summed E-state index contributed by atoms with van der Waals surface area (Å²) in [6.45, 7) is 0. The van der Waals surface area contributed by atoms with Crippen molar-refractivity contribution in [2.75, 3.05) is 0 Å². The Hall–Kier alpha value is -8.19. The summed E-state index contributed by atoms with van der Waals surface area (Å²) in [7, 11) is 0. The standard InChI is InChI=1S/C57H35N5S/c1-4-17-37(18-5-1)48-35-49(59-54(58-48)38-19-6-2-7-20-38)42-25-14-23-40(32-42)41-24-15-26-43(33-41)56-60-55(39-21-8-3-9-22-39)61-57(62-56)47-34-51-53(46-29-13-12-28-45(46)47)52-44-27-11-10-16-36(44)30-31-50(52)63-51/h1-35H. The predicted molar refractivity (Wildman–Crippen MR) is 261 cm³/mol. The van der Waals surface area contributed by atoms with Crippen LogP contribution < -0.4 is 0 Å². The molecule has 0 fully saturated rings. The van der Waals surface area contributed by atoms with Gasteiger partial charge in [0, 0.05) is 53.6 Å². The SMILES string of the molecule is c1ccc(-c2cc(-c3cccc(-c4cccc(-c5nc(-c6ccccc6)nc(-c6cc7sc8ccc9ccccc9c8c7c7ccccc67)n5)c4)c3)nc(-c3ccccc3)n2)cc1. The summed E-state index contributed by atoms with van der Waals surface area (Å²) in [5, 5.41) is 7.37. The Labute approximate surface area is 367 Å². The lowest BCUT2D eigenvalue weighted by atomic mass is 9.96. The first kappa shape index (κ1) is 36.6. The topological polar surface area (TPSA) is 64.5 Å². The molecule has 3 aromatic heterocycles. The van der Waals surface area contributed by atoms with Gasteiger partial charge in [0.25, 0.3) is 0 Å². The van der Waals surface area contributed by atoms with Gasteiger partial charge < -0.3 is 0 Å². The van der Waals surface area contributed by atoms with Gasteiger partial charge in [-0.25, -0.2) is 24.9 Å². The summed E-state index contributed by atoms with van der Waals surface area (Å²) >= 11 is 1.82. The molecule has 5 nitrogen and oxygen atoms in total. The maximum absolute atomic E-state index is 5.30. The Morgan fingerprint density at radius 2 is 0.746 bits per heavy atom. The highest BCUT2D eigenvalue weighted by Gasteiger charge is 2.20. The van der Waals surface area contributed by atoms with Crippen LogP contribution in [0.15, 0.2) is 212 Å². The monoisotopic (exact) mass is 821 g/mol. The predicted octanol–water partition coefficient (Wildman–Crippen LogP) is 15.0. The highest BCUT2D eigenvalue weighted by molar-refractivity contribution is 7.26. The lowest BCUT2D eigenvalue weighted by Crippen LogP contribution is -2.00. The van der Waals surface area contributed by atoms with E-state index in [1.165, 1.54) is 36.3 Å². The number of hydrogen-bond acceptors (Lipinski definition) is 6. The fourth-order valence-corrected chi connectivity index (χ4v) is 9.87. The second-order valence-corrected chi connectivity index (χ2v) is 16.7. The van der Waals surface area contributed by atoms with E-state index in [0.717, 1.165) is 61.3 Å². The molecule has 0 unspecified atom stereocenters. The third kappa shape index (κ3) is 6.70. The van der Waals surface area contributed by atoms with Crippen LogP contribution in [0.4, 0.5) is 0 Å². The van der Waals surface area contributed by atoms with Gasteiger partial charge in [-0.05, 0) is 63.0 Å². The van der Waals surface area contributed by atoms with Gasteiger partial charge in [0.1, 0.15) is 0 Å². The highest BCUT2D eigenvalue weighted by Crippen LogP contribution is 2.45. The maximum atomic E-state index is 5.30. The molecule has 0 spiro atoms. The summed E-state index contributed by atoms with van der Waals surface area (Å²) in [4.78, 5) is 25.8. The zero-order chi connectivity index (χ0) is 41.7. The van der Waals surface area contributed by atoms with Gasteiger partial charge in [-0.15, -0.1) is 11.3 Å². The van der Waals surface area contributed by atoms with Crippen LogP contribution in [0.3, 0.4) is 0 Å². The van der Waals surface area contributed by atoms with Crippen LogP contribution in [0.25, 0.3) is 121 Å². The Morgan fingerprint density at radius 3 is 1.44 bits per heavy atom. The zero-order valence-corrected chi connectivity index (χ0v) is 34.7. The van der Waals surface area contributed by atoms with E-state index < -0.39 is 0 Å². The van der Waals surface area contributed by atoms with Gasteiger partial charge in [-0.3, -0.25) is 0 Å². The van der Waals surface area contributed by atoms with Crippen molar-refractivity contribution >= 4 is 53.1 Å². The van der Waals surface area contributed by atoms with Crippen molar-refractivity contribution in [3.05, 3.63) is 212 Å². The van der Waals surface area contributed by atoms with Gasteiger partial charge in [0.2, 0.25) is 0 Å². The smallest absolute Gasteiger partial charge is 0.164 e. The highest BCUT2D eigenvalue weighted by atomic mass is 32.1. The molecule has 3 heterocycles. The fraction of sp³-hybridized carbons (Fsp3) is 0. The van der Waals surface area contributed by atoms with Crippen LogP contribution in [0, 0.1) is 0 Å². The summed E-state index contributed by atoms with van der Waals surface area (Å²) in [5.41, 5.74) is 9.65. The quantitative estimate of drug-likeness (QED) is 0.160. The third-order valence-electron chi connectivity index (χ3n) is 11.7. The first-order chi connectivity index (χ1) is 31.2. The lowest BCUT2D eigenvalue weighted by molar-refractivity contribution is 1.08. The van der Waals surface area contributed by atoms with E-state index in [0.29, 0.717) is 23.3 Å². The number of nitrogens with zero attached hydrogens (tertiary/aromatic N) is 5. The molecular formula is C57H35N5S. The summed E-state index contributed by atoms with van der Waals surface area (Å²) in [6.07, 6.45) is 0. The van der Waals surface area contributed by atoms with E-state index in [4.69, 9.17) is 24.9 Å². The fourth-order valence-electron chi connectivity index (χ4n) is 8.69. The van der Waals surface area contributed by atoms with Gasteiger partial charge in [0.05, 0.1) is 11.4 Å². The van der Waals surface area contributed by atoms with Crippen molar-refractivity contribution in [2.24, 2.45) is 0 Å². The lowest BCUT2D eigenvalue weighted by Gasteiger charge is -2.13. The van der Waals surface area contributed by atoms with E-state index in [1.807, 2.05) is 65.9 Å². The van der Waals surface area contributed by atoms with Crippen molar-refractivity contribution in [3.8, 4) is 79.2 Å². The Balaban J connectivity index is 0.994. The number of thiophene rings is 1. The third-order valence-corrected chi connectivity index (χ3v) is 12.8. The second kappa shape index (κ2) is 15.4. The molecule has 0 aliphatic carbocycles. The average molecular weight is 822 g/mol. The Morgan fingerprint density at radius 1 is 0.270 bits per heavy atom. The maximum Gasteiger partial charge on any atom is 0.164 e. The van der Waals surface area contributed by atoms with Gasteiger partial charge in [0.15, 0.2) is 23.3 Å². The van der Waals surface area contributed by atoms with Crippen LogP contribution in [0.1, 0.15) is 0 Å². The van der Waals surface area contributed by atoms with E-state index in [1.54, 1.807) is 0 Å². The molecule has 12 rings (SSSR count). The molecule has 0 N–H and O–H groups in total. The molecule has 0 radical (unpaired) electrons. The minimum atomic E-state index is 0.610. The molecule has 12 aromatic rings. The Kier molecular flexibility index (Phi) is 8.94. The number of fused-ring (bicyclic) bond motifs is 7. The van der Waals surface area contributed by atoms with E-state index in [2.05, 4.69) is 158 Å². The van der Waals surface area contributed by atoms with Crippen LogP contribution in [0.5, 0.6) is 0 Å². The molecule has 0 atom stereocenters.